The van der Waals surface area contributed by atoms with Gasteiger partial charge in [-0.2, -0.15) is 0 Å². The maximum atomic E-state index is 5.85. The van der Waals surface area contributed by atoms with Crippen molar-refractivity contribution in [3.8, 4) is 0 Å². The third-order valence-corrected chi connectivity index (χ3v) is 2.92. The van der Waals surface area contributed by atoms with E-state index < -0.39 is 0 Å². The lowest BCUT2D eigenvalue weighted by atomic mass is 9.89. The zero-order valence-electron chi connectivity index (χ0n) is 9.81. The number of nitrogens with one attached hydrogen (secondary N) is 1. The Morgan fingerprint density at radius 3 is 2.57 bits per heavy atom. The van der Waals surface area contributed by atoms with Crippen molar-refractivity contribution in [1.82, 2.24) is 5.32 Å². The van der Waals surface area contributed by atoms with E-state index in [1.54, 1.807) is 0 Å². The van der Waals surface area contributed by atoms with Crippen LogP contribution in [-0.4, -0.2) is 18.6 Å². The molecule has 0 rings (SSSR count). The third-order valence-electron chi connectivity index (χ3n) is 2.92. The van der Waals surface area contributed by atoms with Crippen LogP contribution in [0.1, 0.15) is 46.0 Å². The van der Waals surface area contributed by atoms with Crippen LogP contribution in [0.15, 0.2) is 12.7 Å². The fourth-order valence-electron chi connectivity index (χ4n) is 1.66. The highest BCUT2D eigenvalue weighted by Crippen LogP contribution is 2.17. The van der Waals surface area contributed by atoms with Gasteiger partial charge in [0.05, 0.1) is 0 Å². The summed E-state index contributed by atoms with van der Waals surface area (Å²) >= 11 is 0. The Bertz CT molecular complexity index is 139. The molecule has 0 saturated carbocycles. The molecule has 3 N–H and O–H groups in total. The molecule has 0 fully saturated rings. The smallest absolute Gasteiger partial charge is 0.0301 e. The van der Waals surface area contributed by atoms with E-state index in [-0.39, 0.29) is 5.54 Å². The highest BCUT2D eigenvalue weighted by atomic mass is 15.0. The van der Waals surface area contributed by atoms with Crippen molar-refractivity contribution in [2.45, 2.75) is 51.5 Å². The van der Waals surface area contributed by atoms with Crippen LogP contribution in [0.4, 0.5) is 0 Å². The summed E-state index contributed by atoms with van der Waals surface area (Å²) in [6, 6.07) is 0. The SMILES string of the molecule is C=CCCNC(CC)(CN)CCCC. The Kier molecular flexibility index (Phi) is 7.81. The molecule has 0 aromatic rings. The topological polar surface area (TPSA) is 38.0 Å². The van der Waals surface area contributed by atoms with Crippen LogP contribution >= 0.6 is 0 Å². The van der Waals surface area contributed by atoms with Crippen LogP contribution in [0.25, 0.3) is 0 Å². The van der Waals surface area contributed by atoms with Crippen LogP contribution < -0.4 is 11.1 Å². The maximum Gasteiger partial charge on any atom is 0.0301 e. The second-order valence-electron chi connectivity index (χ2n) is 3.95. The molecule has 0 aliphatic heterocycles. The standard InChI is InChI=1S/C12H26N2/c1-4-7-9-12(6-3,11-13)14-10-8-5-2/h5,14H,2,4,6-11,13H2,1,3H3. The summed E-state index contributed by atoms with van der Waals surface area (Å²) in [6.45, 7) is 9.89. The minimum absolute atomic E-state index is 0.166. The van der Waals surface area contributed by atoms with Crippen molar-refractivity contribution >= 4 is 0 Å². The van der Waals surface area contributed by atoms with Crippen molar-refractivity contribution in [3.63, 3.8) is 0 Å². The predicted molar refractivity (Wildman–Crippen MR) is 64.4 cm³/mol. The van der Waals surface area contributed by atoms with E-state index >= 15 is 0 Å². The van der Waals surface area contributed by atoms with Crippen molar-refractivity contribution in [3.05, 3.63) is 12.7 Å². The number of nitrogens with two attached hydrogens (primary N) is 1. The molecular formula is C12H26N2. The summed E-state index contributed by atoms with van der Waals surface area (Å²) in [6.07, 6.45) is 7.77. The lowest BCUT2D eigenvalue weighted by Crippen LogP contribution is -2.51. The number of unbranched alkanes of at least 4 members (excludes halogenated alkanes) is 1. The number of rotatable bonds is 9. The molecule has 0 amide bonds. The highest BCUT2D eigenvalue weighted by molar-refractivity contribution is 4.88. The Hall–Kier alpha value is -0.340. The number of hydrogen-bond acceptors (Lipinski definition) is 2. The molecule has 1 unspecified atom stereocenters. The van der Waals surface area contributed by atoms with E-state index in [1.807, 2.05) is 6.08 Å². The molecule has 2 nitrogen and oxygen atoms in total. The molecule has 14 heavy (non-hydrogen) atoms. The van der Waals surface area contributed by atoms with Crippen molar-refractivity contribution in [2.75, 3.05) is 13.1 Å². The quantitative estimate of drug-likeness (QED) is 0.441. The average molecular weight is 198 g/mol. The largest absolute Gasteiger partial charge is 0.329 e. The van der Waals surface area contributed by atoms with Crippen LogP contribution in [0, 0.1) is 0 Å². The zero-order chi connectivity index (χ0) is 10.9. The van der Waals surface area contributed by atoms with Gasteiger partial charge in [0, 0.05) is 12.1 Å². The molecule has 0 aromatic carbocycles. The highest BCUT2D eigenvalue weighted by Gasteiger charge is 2.24. The van der Waals surface area contributed by atoms with E-state index in [2.05, 4.69) is 25.7 Å². The van der Waals surface area contributed by atoms with E-state index in [1.165, 1.54) is 19.3 Å². The summed E-state index contributed by atoms with van der Waals surface area (Å²) in [5.74, 6) is 0. The van der Waals surface area contributed by atoms with Crippen molar-refractivity contribution in [1.29, 1.82) is 0 Å². The molecule has 0 heterocycles. The molecule has 0 spiro atoms. The van der Waals surface area contributed by atoms with Crippen LogP contribution in [0.5, 0.6) is 0 Å². The molecule has 0 aliphatic rings. The lowest BCUT2D eigenvalue weighted by Gasteiger charge is -2.33. The average Bonchev–Trinajstić information content (AvgIpc) is 2.24. The van der Waals surface area contributed by atoms with Gasteiger partial charge in [-0.3, -0.25) is 0 Å². The Morgan fingerprint density at radius 2 is 2.14 bits per heavy atom. The molecule has 2 heteroatoms. The second-order valence-corrected chi connectivity index (χ2v) is 3.95. The van der Waals surface area contributed by atoms with Crippen LogP contribution in [-0.2, 0) is 0 Å². The molecule has 0 bridgehead atoms. The first kappa shape index (κ1) is 13.7. The van der Waals surface area contributed by atoms with E-state index in [9.17, 15) is 0 Å². The molecule has 1 atom stereocenters. The van der Waals surface area contributed by atoms with Gasteiger partial charge in [-0.05, 0) is 25.8 Å². The zero-order valence-corrected chi connectivity index (χ0v) is 9.81. The first-order valence-electron chi connectivity index (χ1n) is 5.80. The van der Waals surface area contributed by atoms with Crippen molar-refractivity contribution in [2.24, 2.45) is 5.73 Å². The van der Waals surface area contributed by atoms with Crippen molar-refractivity contribution < 1.29 is 0 Å². The predicted octanol–water partition coefficient (Wildman–Crippen LogP) is 2.45. The van der Waals surface area contributed by atoms with E-state index in [0.717, 1.165) is 25.9 Å². The Labute approximate surface area is 89.0 Å². The van der Waals surface area contributed by atoms with E-state index in [4.69, 9.17) is 5.73 Å². The summed E-state index contributed by atoms with van der Waals surface area (Å²) in [4.78, 5) is 0. The molecule has 0 aliphatic carbocycles. The van der Waals surface area contributed by atoms with Crippen LogP contribution in [0.2, 0.25) is 0 Å². The van der Waals surface area contributed by atoms with Gasteiger partial charge < -0.3 is 11.1 Å². The summed E-state index contributed by atoms with van der Waals surface area (Å²) in [5.41, 5.74) is 6.02. The Balaban J connectivity index is 3.99. The first-order valence-corrected chi connectivity index (χ1v) is 5.80. The monoisotopic (exact) mass is 198 g/mol. The van der Waals surface area contributed by atoms with Gasteiger partial charge in [-0.15, -0.1) is 6.58 Å². The third kappa shape index (κ3) is 4.77. The number of hydrogen-bond donors (Lipinski definition) is 2. The van der Waals surface area contributed by atoms with Gasteiger partial charge in [-0.25, -0.2) is 0 Å². The second kappa shape index (κ2) is 8.01. The summed E-state index contributed by atoms with van der Waals surface area (Å²) in [7, 11) is 0. The normalized spacial score (nSPS) is 15.1. The van der Waals surface area contributed by atoms with Gasteiger partial charge in [-0.1, -0.05) is 32.8 Å². The molecule has 0 radical (unpaired) electrons. The van der Waals surface area contributed by atoms with Gasteiger partial charge in [0.25, 0.3) is 0 Å². The Morgan fingerprint density at radius 1 is 1.43 bits per heavy atom. The molecule has 0 aromatic heterocycles. The molecular weight excluding hydrogens is 172 g/mol. The fourth-order valence-corrected chi connectivity index (χ4v) is 1.66. The maximum absolute atomic E-state index is 5.85. The van der Waals surface area contributed by atoms with Gasteiger partial charge in [0.15, 0.2) is 0 Å². The first-order chi connectivity index (χ1) is 6.74. The fraction of sp³-hybridized carbons (Fsp3) is 0.833. The molecule has 0 saturated heterocycles. The van der Waals surface area contributed by atoms with E-state index in [0.29, 0.717) is 0 Å². The van der Waals surface area contributed by atoms with Gasteiger partial charge >= 0.3 is 0 Å². The minimum Gasteiger partial charge on any atom is -0.329 e. The lowest BCUT2D eigenvalue weighted by molar-refractivity contribution is 0.294. The summed E-state index contributed by atoms with van der Waals surface area (Å²) in [5, 5.41) is 3.57. The van der Waals surface area contributed by atoms with Gasteiger partial charge in [0.2, 0.25) is 0 Å². The minimum atomic E-state index is 0.166. The van der Waals surface area contributed by atoms with Crippen LogP contribution in [0.3, 0.4) is 0 Å². The molecule has 84 valence electrons. The summed E-state index contributed by atoms with van der Waals surface area (Å²) < 4.78 is 0. The van der Waals surface area contributed by atoms with Gasteiger partial charge in [0.1, 0.15) is 0 Å².